The van der Waals surface area contributed by atoms with Crippen LogP contribution in [0, 0.1) is 11.3 Å². The van der Waals surface area contributed by atoms with E-state index in [0.29, 0.717) is 67.8 Å². The highest BCUT2D eigenvalue weighted by Gasteiger charge is 2.42. The van der Waals surface area contributed by atoms with Gasteiger partial charge in [0.05, 0.1) is 27.0 Å². The molecule has 1 N–H and O–H groups in total. The Hall–Kier alpha value is -4.73. The van der Waals surface area contributed by atoms with Gasteiger partial charge in [0.25, 0.3) is 0 Å². The third-order valence-electron chi connectivity index (χ3n) is 9.73. The smallest absolute Gasteiger partial charge is 0.346 e. The molecule has 3 aliphatic heterocycles. The highest BCUT2D eigenvalue weighted by Crippen LogP contribution is 2.53. The topological polar surface area (TPSA) is 139 Å². The first-order chi connectivity index (χ1) is 22.5. The summed E-state index contributed by atoms with van der Waals surface area (Å²) >= 11 is 2.28. The SMILES string of the molecule is CC1(C)CCN2CCC(C)(C)c3c2c1cc1cc(-c2ccc(-c4sc(/C=C(\C#N)C(=O)O)c5c4OCCO5)c4nsnc24)c(=O)oc31. The zero-order chi connectivity index (χ0) is 32.8. The van der Waals surface area contributed by atoms with Gasteiger partial charge in [-0.05, 0) is 47.4 Å². The molecule has 0 radical (unpaired) electrons. The Kier molecular flexibility index (Phi) is 6.55. The molecule has 0 unspecified atom stereocenters. The van der Waals surface area contributed by atoms with E-state index in [1.54, 1.807) is 6.07 Å². The minimum absolute atomic E-state index is 0.0234. The molecule has 0 aliphatic carbocycles. The number of carboxylic acids is 1. The molecular formula is C35H30N4O6S2. The van der Waals surface area contributed by atoms with Crippen LogP contribution in [0.1, 0.15) is 56.5 Å². The van der Waals surface area contributed by atoms with E-state index in [4.69, 9.17) is 13.9 Å². The molecule has 0 fully saturated rings. The zero-order valence-corrected chi connectivity index (χ0v) is 27.9. The third-order valence-corrected chi connectivity index (χ3v) is 11.4. The van der Waals surface area contributed by atoms with Crippen molar-refractivity contribution < 1.29 is 23.8 Å². The van der Waals surface area contributed by atoms with Crippen LogP contribution in [0.3, 0.4) is 0 Å². The average molecular weight is 667 g/mol. The number of aromatic nitrogens is 2. The number of benzene rings is 2. The van der Waals surface area contributed by atoms with Gasteiger partial charge in [0, 0.05) is 40.9 Å². The molecule has 47 heavy (non-hydrogen) atoms. The number of nitriles is 1. The Labute approximate surface area is 277 Å². The van der Waals surface area contributed by atoms with Crippen molar-refractivity contribution in [2.24, 2.45) is 0 Å². The standard InChI is InChI=1S/C35H30N4O6S2/c1-34(2)7-9-39-10-8-35(3,4)24-27(39)22(34)14-17-13-21(33(42)45-28(17)24)19-5-6-20(26-25(19)37-47-38-26)31-30-29(43-11-12-44-30)23(46-31)15-18(16-36)32(40)41/h5-6,13-15H,7-12H2,1-4H3,(H,40,41)/b18-15+. The normalized spacial score (nSPS) is 17.9. The minimum atomic E-state index is -1.33. The second-order valence-electron chi connectivity index (χ2n) is 13.5. The van der Waals surface area contributed by atoms with Crippen molar-refractivity contribution in [1.29, 1.82) is 5.26 Å². The Morgan fingerprint density at radius 1 is 1.00 bits per heavy atom. The first-order valence-electron chi connectivity index (χ1n) is 15.4. The maximum atomic E-state index is 13.9. The minimum Gasteiger partial charge on any atom is -0.485 e. The number of carboxylic acid groups (broad SMARTS) is 1. The number of carbonyl (C=O) groups is 1. The Balaban J connectivity index is 1.32. The lowest BCUT2D eigenvalue weighted by Crippen LogP contribution is -2.44. The van der Waals surface area contributed by atoms with Gasteiger partial charge in [-0.15, -0.1) is 11.3 Å². The number of thiophene rings is 1. The highest BCUT2D eigenvalue weighted by atomic mass is 32.1. The molecule has 6 heterocycles. The summed E-state index contributed by atoms with van der Waals surface area (Å²) in [6.45, 7) is 11.6. The van der Waals surface area contributed by atoms with Crippen LogP contribution < -0.4 is 20.0 Å². The van der Waals surface area contributed by atoms with Crippen molar-refractivity contribution in [2.45, 2.75) is 51.4 Å². The summed E-state index contributed by atoms with van der Waals surface area (Å²) in [7, 11) is 0. The molecule has 0 saturated carbocycles. The summed E-state index contributed by atoms with van der Waals surface area (Å²) in [6.07, 6.45) is 3.32. The predicted octanol–water partition coefficient (Wildman–Crippen LogP) is 7.12. The number of aliphatic carboxylic acids is 1. The molecular weight excluding hydrogens is 637 g/mol. The van der Waals surface area contributed by atoms with Crippen molar-refractivity contribution in [3.63, 3.8) is 0 Å². The van der Waals surface area contributed by atoms with Crippen molar-refractivity contribution in [3.8, 4) is 39.1 Å². The van der Waals surface area contributed by atoms with E-state index in [2.05, 4.69) is 47.4 Å². The lowest BCUT2D eigenvalue weighted by Gasteiger charge is -2.48. The first kappa shape index (κ1) is 29.7. The van der Waals surface area contributed by atoms with Crippen LogP contribution in [0.15, 0.2) is 39.1 Å². The summed E-state index contributed by atoms with van der Waals surface area (Å²) in [4.78, 5) is 29.0. The second-order valence-corrected chi connectivity index (χ2v) is 15.1. The molecule has 0 atom stereocenters. The molecule has 0 spiro atoms. The van der Waals surface area contributed by atoms with Crippen LogP contribution >= 0.6 is 23.1 Å². The van der Waals surface area contributed by atoms with E-state index in [0.717, 1.165) is 48.6 Å². The molecule has 238 valence electrons. The fourth-order valence-electron chi connectivity index (χ4n) is 7.12. The summed E-state index contributed by atoms with van der Waals surface area (Å²) < 4.78 is 27.4. The van der Waals surface area contributed by atoms with Crippen molar-refractivity contribution >= 4 is 62.8 Å². The van der Waals surface area contributed by atoms with E-state index in [1.165, 1.54) is 28.7 Å². The van der Waals surface area contributed by atoms with Gasteiger partial charge in [0.1, 0.15) is 41.5 Å². The fourth-order valence-corrected chi connectivity index (χ4v) is 8.86. The second kappa shape index (κ2) is 10.4. The van der Waals surface area contributed by atoms with Crippen molar-refractivity contribution in [3.05, 3.63) is 56.3 Å². The van der Waals surface area contributed by atoms with Crippen LogP contribution in [-0.4, -0.2) is 46.1 Å². The molecule has 3 aromatic heterocycles. The molecule has 0 saturated heterocycles. The molecule has 0 bridgehead atoms. The average Bonchev–Trinajstić information content (AvgIpc) is 3.67. The zero-order valence-electron chi connectivity index (χ0n) is 26.2. The molecule has 8 rings (SSSR count). The van der Waals surface area contributed by atoms with Gasteiger partial charge in [-0.2, -0.15) is 14.0 Å². The summed E-state index contributed by atoms with van der Waals surface area (Å²) in [6, 6.07) is 9.58. The summed E-state index contributed by atoms with van der Waals surface area (Å²) in [5.41, 5.74) is 6.07. The maximum absolute atomic E-state index is 13.9. The van der Waals surface area contributed by atoms with Crippen LogP contribution in [0.5, 0.6) is 11.5 Å². The Bertz CT molecular complexity index is 2300. The fraction of sp³-hybridized carbons (Fsp3) is 0.343. The lowest BCUT2D eigenvalue weighted by atomic mass is 9.69. The van der Waals surface area contributed by atoms with Gasteiger partial charge in [-0.1, -0.05) is 39.8 Å². The molecule has 10 nitrogen and oxygen atoms in total. The van der Waals surface area contributed by atoms with E-state index < -0.39 is 17.2 Å². The van der Waals surface area contributed by atoms with Gasteiger partial charge in [-0.25, -0.2) is 9.59 Å². The van der Waals surface area contributed by atoms with Crippen molar-refractivity contribution in [2.75, 3.05) is 31.2 Å². The van der Waals surface area contributed by atoms with Crippen LogP contribution in [0.2, 0.25) is 0 Å². The molecule has 0 amide bonds. The third kappa shape index (κ3) is 4.47. The number of hydrogen-bond donors (Lipinski definition) is 1. The number of hydrogen-bond acceptors (Lipinski definition) is 11. The van der Waals surface area contributed by atoms with E-state index in [9.17, 15) is 20.0 Å². The van der Waals surface area contributed by atoms with Crippen molar-refractivity contribution in [1.82, 2.24) is 8.75 Å². The Morgan fingerprint density at radius 2 is 1.68 bits per heavy atom. The lowest BCUT2D eigenvalue weighted by molar-refractivity contribution is -0.132. The first-order valence-corrected chi connectivity index (χ1v) is 17.0. The van der Waals surface area contributed by atoms with Crippen LogP contribution in [-0.2, 0) is 15.6 Å². The predicted molar refractivity (Wildman–Crippen MR) is 182 cm³/mol. The molecule has 5 aromatic rings. The monoisotopic (exact) mass is 666 g/mol. The van der Waals surface area contributed by atoms with Gasteiger partial charge in [-0.3, -0.25) is 0 Å². The van der Waals surface area contributed by atoms with Gasteiger partial charge in [0.2, 0.25) is 0 Å². The van der Waals surface area contributed by atoms with Gasteiger partial charge in [0.15, 0.2) is 11.5 Å². The van der Waals surface area contributed by atoms with Gasteiger partial charge < -0.3 is 23.9 Å². The summed E-state index contributed by atoms with van der Waals surface area (Å²) in [5, 5.41) is 19.7. The molecule has 2 aromatic carbocycles. The number of anilines is 1. The van der Waals surface area contributed by atoms with E-state index in [1.807, 2.05) is 18.2 Å². The molecule has 12 heteroatoms. The molecule has 3 aliphatic rings. The summed E-state index contributed by atoms with van der Waals surface area (Å²) in [5.74, 6) is -0.482. The van der Waals surface area contributed by atoms with Crippen LogP contribution in [0.4, 0.5) is 5.69 Å². The Morgan fingerprint density at radius 3 is 2.40 bits per heavy atom. The van der Waals surface area contributed by atoms with Gasteiger partial charge >= 0.3 is 11.6 Å². The highest BCUT2D eigenvalue weighted by molar-refractivity contribution is 7.17. The largest absolute Gasteiger partial charge is 0.485 e. The quantitative estimate of drug-likeness (QED) is 0.120. The van der Waals surface area contributed by atoms with E-state index in [-0.39, 0.29) is 10.8 Å². The van der Waals surface area contributed by atoms with Crippen LogP contribution in [0.25, 0.3) is 49.6 Å². The number of ether oxygens (including phenoxy) is 2. The number of rotatable bonds is 4. The number of fused-ring (bicyclic) bond motifs is 4. The number of nitrogens with zero attached hydrogens (tertiary/aromatic N) is 4. The maximum Gasteiger partial charge on any atom is 0.346 e. The van der Waals surface area contributed by atoms with E-state index >= 15 is 0 Å².